The van der Waals surface area contributed by atoms with Gasteiger partial charge in [-0.05, 0) is 175 Å². The summed E-state index contributed by atoms with van der Waals surface area (Å²) >= 11 is 0. The molecule has 6 aromatic heterocycles. The van der Waals surface area contributed by atoms with Crippen LogP contribution in [0.5, 0.6) is 0 Å². The highest BCUT2D eigenvalue weighted by molar-refractivity contribution is 6.14. The van der Waals surface area contributed by atoms with Crippen molar-refractivity contribution >= 4 is 202 Å². The van der Waals surface area contributed by atoms with Crippen LogP contribution in [0.2, 0.25) is 0 Å². The first-order valence-electron chi connectivity index (χ1n) is 37.3. The lowest BCUT2D eigenvalue weighted by molar-refractivity contribution is 0.648. The van der Waals surface area contributed by atoms with Crippen molar-refractivity contribution in [1.29, 1.82) is 0 Å². The molecule has 116 heavy (non-hydrogen) atoms. The standard InChI is InChI=1S/2C24H18N4O.2C23H17N5O/c1-14-10-17-16-8-6-7-9-23(16)29-24(17)13-20(14)28-15(2)27(5)21-11-18(25-3)19(26-4)12-22(21)28;1-14-10-11-17-16-8-6-7-9-22(16)29-24(17)23(14)28-15(2)27(5)20-12-18(25-3)19(26-4)13-21(20)28;1-13-8-9-15-16-7-6-10-26-23(16)29-22(15)21(13)28-14(2)27(5)19-11-17(24-3)18(25-4)12-20(19)28;1-13-9-16-15-7-6-8-26-23(15)29-22(16)12-19(13)28-14(2)27(5)20-10-17(24-3)18(25-4)11-21(20)28/h2*6-13,15H,1-2,5H3;2*6-12,14H,1-2,5H3/t2*15-;2*14-/m0000/s1. The molecule has 0 spiro atoms. The van der Waals surface area contributed by atoms with Gasteiger partial charge in [0.1, 0.15) is 47.0 Å². The smallest absolute Gasteiger partial charge is 0.227 e. The highest BCUT2D eigenvalue weighted by Gasteiger charge is 2.40. The fraction of sp³-hybridized carbons (Fsp3) is 0.170. The third-order valence-electron chi connectivity index (χ3n) is 23.1. The van der Waals surface area contributed by atoms with Gasteiger partial charge in [-0.15, -0.1) is 0 Å². The number of hydrogen-bond donors (Lipinski definition) is 0. The van der Waals surface area contributed by atoms with Crippen LogP contribution in [0.3, 0.4) is 0 Å². The number of fused-ring (bicyclic) bond motifs is 16. The fourth-order valence-corrected chi connectivity index (χ4v) is 16.8. The van der Waals surface area contributed by atoms with E-state index in [-0.39, 0.29) is 24.7 Å². The van der Waals surface area contributed by atoms with Crippen molar-refractivity contribution in [3.05, 3.63) is 296 Å². The minimum absolute atomic E-state index is 0.00459. The quantitative estimate of drug-likeness (QED) is 0.154. The van der Waals surface area contributed by atoms with Gasteiger partial charge in [-0.25, -0.2) is 9.97 Å². The Morgan fingerprint density at radius 1 is 0.267 bits per heavy atom. The number of rotatable bonds is 4. The third kappa shape index (κ3) is 11.3. The minimum atomic E-state index is -0.00459. The summed E-state index contributed by atoms with van der Waals surface area (Å²) in [5.74, 6) is 0. The molecule has 0 amide bonds. The SMILES string of the molecule is [C-]#[N+]c1cc2c(cc1[N+]#[C-])N(c1c(C)ccc3c1oc1ccccc13)[C@@H](C)N2C.[C-]#[N+]c1cc2c(cc1[N+]#[C-])N(c1c(C)ccc3c1oc1ncccc13)[C@@H](C)N2C.[C-]#[N+]c1cc2c(cc1[N+]#[C-])N(c1cc3oc4ccccc4c3cc1C)[C@@H](C)N2C.[C-]#[N+]c1cc2c(cc1[N+]#[C-])N(c1cc3oc4ncccc4c3cc1C)[C@@H](C)N2C. The number of para-hydroxylation sites is 2. The molecule has 560 valence electrons. The van der Waals surface area contributed by atoms with E-state index in [1.54, 1.807) is 12.4 Å². The van der Waals surface area contributed by atoms with E-state index in [1.807, 2.05) is 143 Å². The average molecular weight is 1520 g/mol. The average Bonchev–Trinajstić information content (AvgIpc) is 1.59. The first kappa shape index (κ1) is 72.9. The van der Waals surface area contributed by atoms with E-state index < -0.39 is 0 Å². The van der Waals surface area contributed by atoms with E-state index in [1.165, 1.54) is 0 Å². The number of aromatic nitrogens is 2. The van der Waals surface area contributed by atoms with E-state index in [0.29, 0.717) is 56.9 Å². The summed E-state index contributed by atoms with van der Waals surface area (Å²) in [5, 5.41) is 8.42. The largest absolute Gasteiger partial charge is 0.456 e. The zero-order chi connectivity index (χ0) is 81.1. The Kier molecular flexibility index (Phi) is 17.6. The van der Waals surface area contributed by atoms with E-state index in [0.717, 1.165) is 167 Å². The van der Waals surface area contributed by atoms with E-state index in [4.69, 9.17) is 70.2 Å². The summed E-state index contributed by atoms with van der Waals surface area (Å²) in [6.45, 7) is 76.3. The summed E-state index contributed by atoms with van der Waals surface area (Å²) in [6, 6.07) is 55.4. The van der Waals surface area contributed by atoms with Gasteiger partial charge < -0.3 is 56.9 Å². The zero-order valence-electron chi connectivity index (χ0n) is 65.3. The molecule has 0 saturated heterocycles. The molecule has 0 bridgehead atoms. The normalized spacial score (nSPS) is 15.6. The minimum Gasteiger partial charge on any atom is -0.456 e. The molecule has 0 fully saturated rings. The van der Waals surface area contributed by atoms with Gasteiger partial charge >= 0.3 is 0 Å². The van der Waals surface area contributed by atoms with Gasteiger partial charge in [-0.1, -0.05) is 60.7 Å². The van der Waals surface area contributed by atoms with Crippen LogP contribution in [-0.2, 0) is 0 Å². The van der Waals surface area contributed by atoms with Crippen molar-refractivity contribution in [1.82, 2.24) is 9.97 Å². The van der Waals surface area contributed by atoms with Crippen LogP contribution >= 0.6 is 0 Å². The molecule has 4 atom stereocenters. The maximum atomic E-state index is 7.50. The van der Waals surface area contributed by atoms with Crippen molar-refractivity contribution < 1.29 is 17.7 Å². The van der Waals surface area contributed by atoms with Gasteiger partial charge in [0, 0.05) is 130 Å². The van der Waals surface area contributed by atoms with Crippen molar-refractivity contribution in [2.24, 2.45) is 0 Å². The molecule has 4 aliphatic rings. The highest BCUT2D eigenvalue weighted by Crippen LogP contribution is 2.56. The van der Waals surface area contributed by atoms with Crippen LogP contribution in [0.4, 0.5) is 114 Å². The van der Waals surface area contributed by atoms with E-state index in [2.05, 4.69) is 198 Å². The molecule has 0 unspecified atom stereocenters. The summed E-state index contributed by atoms with van der Waals surface area (Å²) in [7, 11) is 8.05. The Bertz CT molecular complexity index is 6840. The summed E-state index contributed by atoms with van der Waals surface area (Å²) in [6.07, 6.45) is 3.55. The first-order valence-corrected chi connectivity index (χ1v) is 37.3. The van der Waals surface area contributed by atoms with E-state index in [9.17, 15) is 0 Å². The van der Waals surface area contributed by atoms with Gasteiger partial charge in [0.2, 0.25) is 11.4 Å². The molecule has 0 N–H and O–H groups in total. The molecule has 22 nitrogen and oxygen atoms in total. The van der Waals surface area contributed by atoms with Crippen molar-refractivity contribution in [2.45, 2.75) is 80.1 Å². The Morgan fingerprint density at radius 3 is 0.974 bits per heavy atom. The monoisotopic (exact) mass is 1510 g/mol. The molecule has 0 radical (unpaired) electrons. The van der Waals surface area contributed by atoms with Gasteiger partial charge in [0.25, 0.3) is 0 Å². The van der Waals surface area contributed by atoms with Crippen LogP contribution in [-0.4, -0.2) is 62.8 Å². The molecule has 20 rings (SSSR count). The predicted molar refractivity (Wildman–Crippen MR) is 465 cm³/mol. The number of anilines is 12. The second kappa shape index (κ2) is 28.1. The molecule has 0 aliphatic carbocycles. The number of aryl methyl sites for hydroxylation is 4. The first-order chi connectivity index (χ1) is 56.1. The summed E-state index contributed by atoms with van der Waals surface area (Å²) in [5.41, 5.74) is 25.2. The Balaban J connectivity index is 0.000000111. The molecule has 10 aromatic carbocycles. The molecule has 0 saturated carbocycles. The van der Waals surface area contributed by atoms with Gasteiger partial charge in [0.05, 0.1) is 86.7 Å². The Morgan fingerprint density at radius 2 is 0.569 bits per heavy atom. The van der Waals surface area contributed by atoms with Crippen LogP contribution in [0.1, 0.15) is 49.9 Å². The molecule has 4 aliphatic heterocycles. The van der Waals surface area contributed by atoms with Gasteiger partial charge in [0.15, 0.2) is 56.7 Å². The lowest BCUT2D eigenvalue weighted by atomic mass is 10.1. The van der Waals surface area contributed by atoms with Crippen molar-refractivity contribution in [3.63, 3.8) is 0 Å². The fourth-order valence-electron chi connectivity index (χ4n) is 16.8. The number of benzene rings is 10. The third-order valence-corrected chi connectivity index (χ3v) is 23.1. The van der Waals surface area contributed by atoms with Crippen LogP contribution in [0.25, 0.3) is 127 Å². The lowest BCUT2D eigenvalue weighted by Gasteiger charge is -2.29. The Labute approximate surface area is 669 Å². The lowest BCUT2D eigenvalue weighted by Crippen LogP contribution is -2.36. The van der Waals surface area contributed by atoms with Crippen molar-refractivity contribution in [3.8, 4) is 0 Å². The number of furan rings is 4. The number of pyridine rings is 2. The van der Waals surface area contributed by atoms with Gasteiger partial charge in [-0.2, -0.15) is 0 Å². The summed E-state index contributed by atoms with van der Waals surface area (Å²) in [4.78, 5) is 54.5. The van der Waals surface area contributed by atoms with Crippen LogP contribution in [0.15, 0.2) is 200 Å². The van der Waals surface area contributed by atoms with Gasteiger partial charge in [-0.3, -0.25) is 38.8 Å². The number of nitrogens with zero attached hydrogens (tertiary/aromatic N) is 18. The Hall–Kier alpha value is -16.0. The number of hydrogen-bond acceptors (Lipinski definition) is 14. The predicted octanol–water partition coefficient (Wildman–Crippen LogP) is 26.5. The van der Waals surface area contributed by atoms with E-state index >= 15 is 0 Å². The molecule has 22 heteroatoms. The molecule has 10 heterocycles. The topological polar surface area (TPSA) is 139 Å². The van der Waals surface area contributed by atoms with Crippen LogP contribution < -0.4 is 39.2 Å². The van der Waals surface area contributed by atoms with Crippen molar-refractivity contribution in [2.75, 3.05) is 67.4 Å². The van der Waals surface area contributed by atoms with Crippen LogP contribution in [0, 0.1) is 80.3 Å². The molecular weight excluding hydrogens is 1450 g/mol. The second-order valence-corrected chi connectivity index (χ2v) is 29.3. The molecule has 16 aromatic rings. The molecular formula is C94H70N18O4. The maximum Gasteiger partial charge on any atom is 0.227 e. The second-order valence-electron chi connectivity index (χ2n) is 29.3. The highest BCUT2D eigenvalue weighted by atomic mass is 16.3. The zero-order valence-corrected chi connectivity index (χ0v) is 65.3. The summed E-state index contributed by atoms with van der Waals surface area (Å²) < 4.78 is 24.6. The maximum absolute atomic E-state index is 7.50.